The molecule has 25 heavy (non-hydrogen) atoms. The molecule has 0 N–H and O–H groups in total. The maximum Gasteiger partial charge on any atom is 0.231 e. The van der Waals surface area contributed by atoms with Gasteiger partial charge in [-0.25, -0.2) is 4.98 Å². The maximum atomic E-state index is 6.03. The van der Waals surface area contributed by atoms with E-state index < -0.39 is 0 Å². The van der Waals surface area contributed by atoms with Crippen LogP contribution in [0, 0.1) is 0 Å². The number of halogens is 1. The average molecular weight is 350 g/mol. The average Bonchev–Trinajstić information content (AvgIpc) is 3.20. The Kier molecular flexibility index (Phi) is 3.02. The predicted molar refractivity (Wildman–Crippen MR) is 98.3 cm³/mol. The Hall–Kier alpha value is -2.98. The lowest BCUT2D eigenvalue weighted by molar-refractivity contribution is 0.415. The summed E-state index contributed by atoms with van der Waals surface area (Å²) >= 11 is 6.03. The Morgan fingerprint density at radius 3 is 2.64 bits per heavy atom. The van der Waals surface area contributed by atoms with E-state index in [0.717, 1.165) is 27.5 Å². The van der Waals surface area contributed by atoms with E-state index >= 15 is 0 Å². The third-order valence-electron chi connectivity index (χ3n) is 4.28. The van der Waals surface area contributed by atoms with Gasteiger partial charge >= 0.3 is 0 Å². The number of aromatic nitrogens is 1. The number of nitrogens with zero attached hydrogens (tertiary/aromatic N) is 1. The standard InChI is InChI=1S/C20H12ClNO3/c1-23-18-9-13-12-4-2-3-5-16(12)24-19(13)10-14(18)20-22-15-8-11(21)6-7-17(15)25-20/h2-10H,1H3. The number of rotatable bonds is 2. The molecule has 0 radical (unpaired) electrons. The van der Waals surface area contributed by atoms with E-state index in [1.807, 2.05) is 36.4 Å². The minimum Gasteiger partial charge on any atom is -0.496 e. The number of methoxy groups -OCH3 is 1. The summed E-state index contributed by atoms with van der Waals surface area (Å²) in [6.45, 7) is 0. The van der Waals surface area contributed by atoms with Crippen LogP contribution in [0.15, 0.2) is 63.4 Å². The summed E-state index contributed by atoms with van der Waals surface area (Å²) in [7, 11) is 1.63. The molecule has 0 spiro atoms. The Morgan fingerprint density at radius 1 is 0.880 bits per heavy atom. The first-order chi connectivity index (χ1) is 12.2. The number of ether oxygens (including phenoxy) is 1. The van der Waals surface area contributed by atoms with Crippen LogP contribution in [0.3, 0.4) is 0 Å². The molecule has 2 aromatic heterocycles. The number of benzene rings is 3. The van der Waals surface area contributed by atoms with Crippen LogP contribution in [0.5, 0.6) is 5.75 Å². The molecule has 0 saturated carbocycles. The van der Waals surface area contributed by atoms with Crippen molar-refractivity contribution in [3.8, 4) is 17.2 Å². The van der Waals surface area contributed by atoms with Gasteiger partial charge in [0.2, 0.25) is 5.89 Å². The predicted octanol–water partition coefficient (Wildman–Crippen LogP) is 6.06. The summed E-state index contributed by atoms with van der Waals surface area (Å²) in [6, 6.07) is 17.1. The van der Waals surface area contributed by atoms with Gasteiger partial charge in [0.1, 0.15) is 22.4 Å². The largest absolute Gasteiger partial charge is 0.496 e. The van der Waals surface area contributed by atoms with E-state index in [1.54, 1.807) is 25.3 Å². The van der Waals surface area contributed by atoms with Crippen LogP contribution in [0.1, 0.15) is 0 Å². The van der Waals surface area contributed by atoms with Crippen molar-refractivity contribution in [1.29, 1.82) is 0 Å². The van der Waals surface area contributed by atoms with Crippen molar-refractivity contribution >= 4 is 44.6 Å². The van der Waals surface area contributed by atoms with Gasteiger partial charge in [0.15, 0.2) is 5.58 Å². The fourth-order valence-corrected chi connectivity index (χ4v) is 3.27. The minimum absolute atomic E-state index is 0.469. The van der Waals surface area contributed by atoms with Gasteiger partial charge < -0.3 is 13.6 Å². The molecule has 122 valence electrons. The fourth-order valence-electron chi connectivity index (χ4n) is 3.10. The van der Waals surface area contributed by atoms with Crippen molar-refractivity contribution in [2.75, 3.05) is 7.11 Å². The summed E-state index contributed by atoms with van der Waals surface area (Å²) < 4.78 is 17.4. The molecule has 4 nitrogen and oxygen atoms in total. The zero-order valence-electron chi connectivity index (χ0n) is 13.2. The van der Waals surface area contributed by atoms with Gasteiger partial charge in [-0.3, -0.25) is 0 Å². The summed E-state index contributed by atoms with van der Waals surface area (Å²) in [5, 5.41) is 2.66. The molecule has 3 aromatic carbocycles. The fraction of sp³-hybridized carbons (Fsp3) is 0.0500. The highest BCUT2D eigenvalue weighted by Crippen LogP contribution is 2.39. The highest BCUT2D eigenvalue weighted by atomic mass is 35.5. The van der Waals surface area contributed by atoms with Gasteiger partial charge in [-0.15, -0.1) is 0 Å². The molecule has 5 aromatic rings. The maximum absolute atomic E-state index is 6.03. The molecule has 0 amide bonds. The SMILES string of the molecule is COc1cc2c(cc1-c1nc3cc(Cl)ccc3o1)oc1ccccc12. The van der Waals surface area contributed by atoms with E-state index in [-0.39, 0.29) is 0 Å². The lowest BCUT2D eigenvalue weighted by atomic mass is 10.1. The zero-order chi connectivity index (χ0) is 17.0. The molecule has 0 aliphatic rings. The van der Waals surface area contributed by atoms with Gasteiger partial charge in [-0.1, -0.05) is 29.8 Å². The van der Waals surface area contributed by atoms with Gasteiger partial charge in [-0.05, 0) is 36.4 Å². The van der Waals surface area contributed by atoms with E-state index in [0.29, 0.717) is 27.8 Å². The van der Waals surface area contributed by atoms with E-state index in [4.69, 9.17) is 25.2 Å². The molecule has 5 heteroatoms. The minimum atomic E-state index is 0.469. The molecule has 0 aliphatic heterocycles. The first kappa shape index (κ1) is 14.4. The Balaban J connectivity index is 1.79. The Morgan fingerprint density at radius 2 is 1.76 bits per heavy atom. The van der Waals surface area contributed by atoms with Gasteiger partial charge in [0.05, 0.1) is 12.7 Å². The first-order valence-corrected chi connectivity index (χ1v) is 8.16. The summed E-state index contributed by atoms with van der Waals surface area (Å²) in [5.74, 6) is 1.15. The monoisotopic (exact) mass is 349 g/mol. The highest BCUT2D eigenvalue weighted by Gasteiger charge is 2.17. The van der Waals surface area contributed by atoms with Crippen LogP contribution in [0.4, 0.5) is 0 Å². The van der Waals surface area contributed by atoms with Gasteiger partial charge in [-0.2, -0.15) is 0 Å². The first-order valence-electron chi connectivity index (χ1n) is 7.79. The number of para-hydroxylation sites is 1. The molecule has 0 atom stereocenters. The highest BCUT2D eigenvalue weighted by molar-refractivity contribution is 6.31. The van der Waals surface area contributed by atoms with Crippen molar-refractivity contribution in [2.24, 2.45) is 0 Å². The summed E-state index contributed by atoms with van der Waals surface area (Å²) in [4.78, 5) is 4.54. The van der Waals surface area contributed by atoms with Crippen molar-refractivity contribution in [2.45, 2.75) is 0 Å². The number of hydrogen-bond donors (Lipinski definition) is 0. The van der Waals surface area contributed by atoms with Crippen molar-refractivity contribution in [3.63, 3.8) is 0 Å². The molecule has 0 saturated heterocycles. The molecule has 2 heterocycles. The van der Waals surface area contributed by atoms with Crippen LogP contribution in [-0.2, 0) is 0 Å². The summed E-state index contributed by atoms with van der Waals surface area (Å²) in [6.07, 6.45) is 0. The Bertz CT molecular complexity index is 1250. The topological polar surface area (TPSA) is 48.4 Å². The van der Waals surface area contributed by atoms with Crippen molar-refractivity contribution < 1.29 is 13.6 Å². The van der Waals surface area contributed by atoms with Crippen LogP contribution >= 0.6 is 11.6 Å². The number of furan rings is 1. The third kappa shape index (κ3) is 2.18. The van der Waals surface area contributed by atoms with Crippen molar-refractivity contribution in [1.82, 2.24) is 4.98 Å². The lowest BCUT2D eigenvalue weighted by Gasteiger charge is -2.05. The third-order valence-corrected chi connectivity index (χ3v) is 4.51. The normalized spacial score (nSPS) is 11.6. The molecule has 5 rings (SSSR count). The molecular formula is C20H12ClNO3. The van der Waals surface area contributed by atoms with Gasteiger partial charge in [0, 0.05) is 15.8 Å². The summed E-state index contributed by atoms with van der Waals surface area (Å²) in [5.41, 5.74) is 3.71. The van der Waals surface area contributed by atoms with Gasteiger partial charge in [0.25, 0.3) is 0 Å². The number of fused-ring (bicyclic) bond motifs is 4. The number of hydrogen-bond acceptors (Lipinski definition) is 4. The van der Waals surface area contributed by atoms with Crippen LogP contribution in [0.25, 0.3) is 44.5 Å². The van der Waals surface area contributed by atoms with Crippen LogP contribution in [-0.4, -0.2) is 12.1 Å². The van der Waals surface area contributed by atoms with Crippen LogP contribution in [0.2, 0.25) is 5.02 Å². The lowest BCUT2D eigenvalue weighted by Crippen LogP contribution is -1.88. The second-order valence-corrected chi connectivity index (χ2v) is 6.21. The molecular weight excluding hydrogens is 338 g/mol. The second kappa shape index (κ2) is 5.26. The molecule has 0 unspecified atom stereocenters. The van der Waals surface area contributed by atoms with E-state index in [9.17, 15) is 0 Å². The van der Waals surface area contributed by atoms with Crippen molar-refractivity contribution in [3.05, 3.63) is 59.6 Å². The smallest absolute Gasteiger partial charge is 0.231 e. The second-order valence-electron chi connectivity index (χ2n) is 5.78. The number of oxazole rings is 1. The van der Waals surface area contributed by atoms with Crippen LogP contribution < -0.4 is 4.74 Å². The zero-order valence-corrected chi connectivity index (χ0v) is 14.0. The molecule has 0 bridgehead atoms. The van der Waals surface area contributed by atoms with E-state index in [2.05, 4.69) is 4.98 Å². The molecule has 0 fully saturated rings. The van der Waals surface area contributed by atoms with E-state index in [1.165, 1.54) is 0 Å². The molecule has 0 aliphatic carbocycles. The quantitative estimate of drug-likeness (QED) is 0.389. The Labute approximate surface area is 147 Å².